The normalized spacial score (nSPS) is 11.3. The molecule has 0 radical (unpaired) electrons. The van der Waals surface area contributed by atoms with Crippen molar-refractivity contribution in [2.75, 3.05) is 0 Å². The summed E-state index contributed by atoms with van der Waals surface area (Å²) < 4.78 is 0. The number of hydrogen-bond acceptors (Lipinski definition) is 4. The fourth-order valence-corrected chi connectivity index (χ4v) is 7.70. The van der Waals surface area contributed by atoms with E-state index in [1.807, 2.05) is 30.6 Å². The predicted molar refractivity (Wildman–Crippen MR) is 225 cm³/mol. The van der Waals surface area contributed by atoms with Crippen LogP contribution in [0.25, 0.3) is 98.9 Å². The highest BCUT2D eigenvalue weighted by Gasteiger charge is 2.14. The lowest BCUT2D eigenvalue weighted by Crippen LogP contribution is -1.96. The molecule has 0 saturated carbocycles. The summed E-state index contributed by atoms with van der Waals surface area (Å²) >= 11 is 0. The van der Waals surface area contributed by atoms with Crippen molar-refractivity contribution in [2.45, 2.75) is 0 Å². The molecule has 0 aliphatic rings. The van der Waals surface area contributed by atoms with Crippen molar-refractivity contribution in [3.05, 3.63) is 195 Å². The third-order valence-corrected chi connectivity index (χ3v) is 10.3. The molecule has 0 unspecified atom stereocenters. The van der Waals surface area contributed by atoms with Crippen LogP contribution >= 0.6 is 0 Å². The molecule has 7 aromatic carbocycles. The van der Waals surface area contributed by atoms with Gasteiger partial charge in [-0.3, -0.25) is 9.97 Å². The molecule has 0 amide bonds. The fraction of sp³-hybridized carbons (Fsp3) is 0. The molecule has 0 aliphatic heterocycles. The van der Waals surface area contributed by atoms with Crippen LogP contribution in [0.5, 0.6) is 0 Å². The SMILES string of the molecule is c1cncc(-c2ccc(-c3nc(-c4cccnc4)cc(-c4ccc5c6ccccc6c6ccccc6c6ccccc6c6ccccc6c5c4)n3)cc2)c1. The zero-order valence-electron chi connectivity index (χ0n) is 29.3. The average molecular weight is 689 g/mol. The molecule has 3 aromatic heterocycles. The topological polar surface area (TPSA) is 51.6 Å². The van der Waals surface area contributed by atoms with Crippen molar-refractivity contribution in [1.82, 2.24) is 19.9 Å². The quantitative estimate of drug-likeness (QED) is 0.185. The van der Waals surface area contributed by atoms with Crippen molar-refractivity contribution in [1.29, 1.82) is 0 Å². The Balaban J connectivity index is 1.28. The minimum atomic E-state index is 0.653. The Morgan fingerprint density at radius 3 is 1.11 bits per heavy atom. The van der Waals surface area contributed by atoms with E-state index >= 15 is 0 Å². The molecule has 4 heteroatoms. The number of rotatable bonds is 4. The van der Waals surface area contributed by atoms with E-state index in [1.165, 1.54) is 48.5 Å². The highest BCUT2D eigenvalue weighted by molar-refractivity contribution is 6.26. The van der Waals surface area contributed by atoms with Gasteiger partial charge in [-0.2, -0.15) is 0 Å². The van der Waals surface area contributed by atoms with Crippen LogP contribution in [0.1, 0.15) is 0 Å². The number of pyridine rings is 2. The summed E-state index contributed by atoms with van der Waals surface area (Å²) in [6.45, 7) is 0. The van der Waals surface area contributed by atoms with Gasteiger partial charge in [0.1, 0.15) is 0 Å². The van der Waals surface area contributed by atoms with Crippen molar-refractivity contribution in [2.24, 2.45) is 0 Å². The Kier molecular flexibility index (Phi) is 7.77. The van der Waals surface area contributed by atoms with Crippen LogP contribution in [0, 0.1) is 0 Å². The largest absolute Gasteiger partial charge is 0.264 e. The summed E-state index contributed by atoms with van der Waals surface area (Å²) in [4.78, 5) is 19.1. The molecule has 0 aliphatic carbocycles. The molecule has 10 rings (SSSR count). The van der Waals surface area contributed by atoms with E-state index < -0.39 is 0 Å². The zero-order valence-corrected chi connectivity index (χ0v) is 29.3. The first-order chi connectivity index (χ1) is 26.8. The van der Waals surface area contributed by atoms with Crippen LogP contribution in [0.4, 0.5) is 0 Å². The number of fused-ring (bicyclic) bond motifs is 10. The van der Waals surface area contributed by atoms with Gasteiger partial charge in [0, 0.05) is 41.5 Å². The van der Waals surface area contributed by atoms with Gasteiger partial charge in [0.25, 0.3) is 0 Å². The van der Waals surface area contributed by atoms with Crippen molar-refractivity contribution in [3.63, 3.8) is 0 Å². The molecular weight excluding hydrogens is 657 g/mol. The third-order valence-electron chi connectivity index (χ3n) is 10.3. The maximum Gasteiger partial charge on any atom is 0.160 e. The van der Waals surface area contributed by atoms with Gasteiger partial charge in [-0.1, -0.05) is 140 Å². The molecule has 0 bridgehead atoms. The van der Waals surface area contributed by atoms with Gasteiger partial charge in [0.15, 0.2) is 5.82 Å². The lowest BCUT2D eigenvalue weighted by Gasteiger charge is -2.12. The van der Waals surface area contributed by atoms with Crippen molar-refractivity contribution < 1.29 is 0 Å². The van der Waals surface area contributed by atoms with Crippen LogP contribution in [0.3, 0.4) is 0 Å². The fourth-order valence-electron chi connectivity index (χ4n) is 7.70. The maximum absolute atomic E-state index is 5.25. The second-order valence-electron chi connectivity index (χ2n) is 13.5. The maximum atomic E-state index is 5.25. The molecule has 0 atom stereocenters. The Morgan fingerprint density at radius 2 is 0.648 bits per heavy atom. The molecule has 10 aromatic rings. The molecule has 3 heterocycles. The first kappa shape index (κ1) is 31.4. The summed E-state index contributed by atoms with van der Waals surface area (Å²) in [7, 11) is 0. The Labute approximate surface area is 312 Å². The van der Waals surface area contributed by atoms with Crippen molar-refractivity contribution in [3.8, 4) is 45.0 Å². The number of aromatic nitrogens is 4. The molecule has 0 fully saturated rings. The Bertz CT molecular complexity index is 3010. The van der Waals surface area contributed by atoms with Crippen LogP contribution in [0.15, 0.2) is 195 Å². The molecular formula is C50H32N4. The standard InChI is InChI=1S/C50H32N4/c1-2-15-40-38(13-1)39-14-3-4-16-41(39)43-18-7-8-20-45(43)47-29-35(25-26-46(47)44-19-6-5-17-42(40)44)48-30-49(37-12-10-28-52-32-37)54-50(53-48)34-23-21-33(22-24-34)36-11-9-27-51-31-36/h1-32H. The second kappa shape index (κ2) is 13.4. The van der Waals surface area contributed by atoms with Gasteiger partial charge in [-0.05, 0) is 95.3 Å². The third kappa shape index (κ3) is 5.58. The first-order valence-electron chi connectivity index (χ1n) is 18.1. The molecule has 0 N–H and O–H groups in total. The Hall–Kier alpha value is -7.30. The highest BCUT2D eigenvalue weighted by Crippen LogP contribution is 2.38. The van der Waals surface area contributed by atoms with E-state index in [-0.39, 0.29) is 0 Å². The van der Waals surface area contributed by atoms with E-state index in [1.54, 1.807) is 12.4 Å². The average Bonchev–Trinajstić information content (AvgIpc) is 3.26. The molecule has 54 heavy (non-hydrogen) atoms. The van der Waals surface area contributed by atoms with Gasteiger partial charge in [0.2, 0.25) is 0 Å². The highest BCUT2D eigenvalue weighted by atomic mass is 14.9. The van der Waals surface area contributed by atoms with E-state index in [9.17, 15) is 0 Å². The number of nitrogens with zero attached hydrogens (tertiary/aromatic N) is 4. The first-order valence-corrected chi connectivity index (χ1v) is 18.1. The summed E-state index contributed by atoms with van der Waals surface area (Å²) in [6, 6.07) is 60.4. The minimum absolute atomic E-state index is 0.653. The van der Waals surface area contributed by atoms with Gasteiger partial charge in [0.05, 0.1) is 11.4 Å². The predicted octanol–water partition coefficient (Wildman–Crippen LogP) is 12.8. The lowest BCUT2D eigenvalue weighted by atomic mass is 9.93. The minimum Gasteiger partial charge on any atom is -0.264 e. The Morgan fingerprint density at radius 1 is 0.259 bits per heavy atom. The van der Waals surface area contributed by atoms with Gasteiger partial charge < -0.3 is 0 Å². The zero-order chi connectivity index (χ0) is 35.8. The number of benzene rings is 6. The lowest BCUT2D eigenvalue weighted by molar-refractivity contribution is 1.18. The molecule has 252 valence electrons. The monoisotopic (exact) mass is 688 g/mol. The van der Waals surface area contributed by atoms with Gasteiger partial charge >= 0.3 is 0 Å². The summed E-state index contributed by atoms with van der Waals surface area (Å²) in [5.74, 6) is 0.653. The van der Waals surface area contributed by atoms with E-state index in [0.29, 0.717) is 5.82 Å². The van der Waals surface area contributed by atoms with Crippen LogP contribution in [-0.4, -0.2) is 19.9 Å². The van der Waals surface area contributed by atoms with Crippen LogP contribution in [0.2, 0.25) is 0 Å². The second-order valence-corrected chi connectivity index (χ2v) is 13.5. The van der Waals surface area contributed by atoms with Gasteiger partial charge in [-0.25, -0.2) is 9.97 Å². The summed E-state index contributed by atoms with van der Waals surface area (Å²) in [5.41, 5.74) is 6.68. The van der Waals surface area contributed by atoms with Crippen LogP contribution in [-0.2, 0) is 0 Å². The van der Waals surface area contributed by atoms with Gasteiger partial charge in [-0.15, -0.1) is 0 Å². The van der Waals surface area contributed by atoms with Crippen LogP contribution < -0.4 is 0 Å². The molecule has 0 spiro atoms. The smallest absolute Gasteiger partial charge is 0.160 e. The van der Waals surface area contributed by atoms with E-state index in [0.717, 1.165) is 44.6 Å². The molecule has 0 saturated heterocycles. The summed E-state index contributed by atoms with van der Waals surface area (Å²) in [5, 5.41) is 11.9. The summed E-state index contributed by atoms with van der Waals surface area (Å²) in [6.07, 6.45) is 7.32. The van der Waals surface area contributed by atoms with E-state index in [4.69, 9.17) is 9.97 Å². The number of hydrogen-bond donors (Lipinski definition) is 0. The van der Waals surface area contributed by atoms with E-state index in [2.05, 4.69) is 162 Å². The molecule has 4 nitrogen and oxygen atoms in total. The van der Waals surface area contributed by atoms with Crippen molar-refractivity contribution >= 4 is 53.9 Å².